The van der Waals surface area contributed by atoms with Crippen LogP contribution in [0.3, 0.4) is 0 Å². The molecule has 0 saturated carbocycles. The van der Waals surface area contributed by atoms with Crippen LogP contribution in [0.15, 0.2) is 53.1 Å². The summed E-state index contributed by atoms with van der Waals surface area (Å²) in [6.07, 6.45) is 0.631. The van der Waals surface area contributed by atoms with Gasteiger partial charge in [-0.15, -0.1) is 0 Å². The monoisotopic (exact) mass is 407 g/mol. The van der Waals surface area contributed by atoms with Crippen LogP contribution in [0.2, 0.25) is 0 Å². The molecular weight excluding hydrogens is 382 g/mol. The lowest BCUT2D eigenvalue weighted by molar-refractivity contribution is 0.0568. The summed E-state index contributed by atoms with van der Waals surface area (Å²) in [4.78, 5) is 19.1. The molecule has 0 unspecified atom stereocenters. The van der Waals surface area contributed by atoms with E-state index in [1.54, 1.807) is 23.1 Å². The highest BCUT2D eigenvalue weighted by atomic mass is 16.5. The molecule has 0 spiro atoms. The largest absolute Gasteiger partial charge is 0.490 e. The van der Waals surface area contributed by atoms with Gasteiger partial charge in [-0.1, -0.05) is 35.5 Å². The van der Waals surface area contributed by atoms with Crippen LogP contribution in [0.5, 0.6) is 11.5 Å². The predicted octanol–water partition coefficient (Wildman–Crippen LogP) is 3.70. The standard InChI is InChI=1S/C23H25N3O4/c1-3-28-19-11-10-17(13-20(19)29-4-2)23(27)26-14-18(15-26)22-24-21(25-30-22)12-16-8-6-5-7-9-16/h5-11,13,18H,3-4,12,14-15H2,1-2H3. The maximum atomic E-state index is 12.8. The summed E-state index contributed by atoms with van der Waals surface area (Å²) >= 11 is 0. The summed E-state index contributed by atoms with van der Waals surface area (Å²) in [7, 11) is 0. The lowest BCUT2D eigenvalue weighted by atomic mass is 9.98. The molecule has 1 aromatic heterocycles. The van der Waals surface area contributed by atoms with Crippen LogP contribution in [0, 0.1) is 0 Å². The van der Waals surface area contributed by atoms with Crippen molar-refractivity contribution in [2.45, 2.75) is 26.2 Å². The van der Waals surface area contributed by atoms with Crippen LogP contribution in [0.1, 0.15) is 47.4 Å². The Morgan fingerprint density at radius 3 is 2.53 bits per heavy atom. The number of carbonyl (C=O) groups is 1. The minimum Gasteiger partial charge on any atom is -0.490 e. The van der Waals surface area contributed by atoms with E-state index >= 15 is 0 Å². The zero-order valence-electron chi connectivity index (χ0n) is 17.2. The highest BCUT2D eigenvalue weighted by Crippen LogP contribution is 2.32. The van der Waals surface area contributed by atoms with E-state index in [9.17, 15) is 4.79 Å². The number of nitrogens with zero attached hydrogens (tertiary/aromatic N) is 3. The number of amides is 1. The van der Waals surface area contributed by atoms with Crippen molar-refractivity contribution in [3.05, 3.63) is 71.4 Å². The molecule has 7 nitrogen and oxygen atoms in total. The highest BCUT2D eigenvalue weighted by molar-refractivity contribution is 5.95. The summed E-state index contributed by atoms with van der Waals surface area (Å²) in [6.45, 7) is 5.98. The van der Waals surface area contributed by atoms with E-state index in [1.165, 1.54) is 0 Å². The fourth-order valence-electron chi connectivity index (χ4n) is 3.45. The van der Waals surface area contributed by atoms with Gasteiger partial charge >= 0.3 is 0 Å². The van der Waals surface area contributed by atoms with Crippen molar-refractivity contribution in [3.8, 4) is 11.5 Å². The number of aromatic nitrogens is 2. The Bertz CT molecular complexity index is 997. The van der Waals surface area contributed by atoms with E-state index in [4.69, 9.17) is 14.0 Å². The Morgan fingerprint density at radius 1 is 1.07 bits per heavy atom. The lowest BCUT2D eigenvalue weighted by Gasteiger charge is -2.37. The van der Waals surface area contributed by atoms with E-state index in [0.29, 0.717) is 61.5 Å². The van der Waals surface area contributed by atoms with Gasteiger partial charge in [0.25, 0.3) is 5.91 Å². The SMILES string of the molecule is CCOc1ccc(C(=O)N2CC(c3nc(Cc4ccccc4)no3)C2)cc1OCC. The summed E-state index contributed by atoms with van der Waals surface area (Å²) in [6, 6.07) is 15.3. The maximum Gasteiger partial charge on any atom is 0.254 e. The first-order valence-electron chi connectivity index (χ1n) is 10.2. The van der Waals surface area contributed by atoms with Crippen LogP contribution in [0.25, 0.3) is 0 Å². The third-order valence-corrected chi connectivity index (χ3v) is 5.00. The Morgan fingerprint density at radius 2 is 1.80 bits per heavy atom. The molecule has 0 radical (unpaired) electrons. The van der Waals surface area contributed by atoms with Gasteiger partial charge in [0, 0.05) is 25.1 Å². The van der Waals surface area contributed by atoms with Gasteiger partial charge in [0.1, 0.15) is 0 Å². The molecule has 0 atom stereocenters. The maximum absolute atomic E-state index is 12.8. The Labute approximate surface area is 175 Å². The second kappa shape index (κ2) is 8.98. The third kappa shape index (κ3) is 4.30. The molecule has 30 heavy (non-hydrogen) atoms. The van der Waals surface area contributed by atoms with Crippen molar-refractivity contribution in [1.29, 1.82) is 0 Å². The summed E-state index contributed by atoms with van der Waals surface area (Å²) < 4.78 is 16.6. The van der Waals surface area contributed by atoms with E-state index in [-0.39, 0.29) is 11.8 Å². The topological polar surface area (TPSA) is 77.7 Å². The van der Waals surface area contributed by atoms with Gasteiger partial charge in [-0.25, -0.2) is 0 Å². The van der Waals surface area contributed by atoms with E-state index < -0.39 is 0 Å². The average Bonchev–Trinajstić information content (AvgIpc) is 3.17. The summed E-state index contributed by atoms with van der Waals surface area (Å²) in [5, 5.41) is 4.08. The van der Waals surface area contributed by atoms with Crippen molar-refractivity contribution in [1.82, 2.24) is 15.0 Å². The molecule has 1 aliphatic heterocycles. The van der Waals surface area contributed by atoms with Gasteiger partial charge in [-0.2, -0.15) is 4.98 Å². The first-order valence-corrected chi connectivity index (χ1v) is 10.2. The number of hydrogen-bond donors (Lipinski definition) is 0. The molecule has 0 N–H and O–H groups in total. The Balaban J connectivity index is 1.37. The van der Waals surface area contributed by atoms with Crippen LogP contribution >= 0.6 is 0 Å². The fraction of sp³-hybridized carbons (Fsp3) is 0.348. The predicted molar refractivity (Wildman–Crippen MR) is 111 cm³/mol. The number of hydrogen-bond acceptors (Lipinski definition) is 6. The van der Waals surface area contributed by atoms with E-state index in [2.05, 4.69) is 10.1 Å². The third-order valence-electron chi connectivity index (χ3n) is 5.00. The Hall–Kier alpha value is -3.35. The van der Waals surface area contributed by atoms with E-state index in [0.717, 1.165) is 5.56 Å². The number of ether oxygens (including phenoxy) is 2. The van der Waals surface area contributed by atoms with Gasteiger partial charge in [0.2, 0.25) is 5.89 Å². The second-order valence-corrected chi connectivity index (χ2v) is 7.15. The molecule has 3 aromatic rings. The molecule has 0 bridgehead atoms. The average molecular weight is 407 g/mol. The van der Waals surface area contributed by atoms with Crippen molar-refractivity contribution in [2.24, 2.45) is 0 Å². The quantitative estimate of drug-likeness (QED) is 0.567. The van der Waals surface area contributed by atoms with Gasteiger partial charge < -0.3 is 18.9 Å². The Kier molecular flexibility index (Phi) is 5.97. The molecule has 2 aromatic carbocycles. The van der Waals surface area contributed by atoms with E-state index in [1.807, 2.05) is 44.2 Å². The molecule has 2 heterocycles. The summed E-state index contributed by atoms with van der Waals surface area (Å²) in [5.74, 6) is 2.51. The second-order valence-electron chi connectivity index (χ2n) is 7.15. The minimum absolute atomic E-state index is 0.0423. The molecule has 1 fully saturated rings. The minimum atomic E-state index is -0.0423. The fourth-order valence-corrected chi connectivity index (χ4v) is 3.45. The first kappa shape index (κ1) is 19.9. The van der Waals surface area contributed by atoms with Gasteiger partial charge in [0.05, 0.1) is 19.1 Å². The van der Waals surface area contributed by atoms with Crippen molar-refractivity contribution >= 4 is 5.91 Å². The summed E-state index contributed by atoms with van der Waals surface area (Å²) in [5.41, 5.74) is 1.71. The number of rotatable bonds is 8. The number of carbonyl (C=O) groups excluding carboxylic acids is 1. The molecule has 1 saturated heterocycles. The molecule has 4 rings (SSSR count). The smallest absolute Gasteiger partial charge is 0.254 e. The van der Waals surface area contributed by atoms with Crippen LogP contribution in [-0.2, 0) is 6.42 Å². The molecule has 7 heteroatoms. The molecule has 156 valence electrons. The van der Waals surface area contributed by atoms with Crippen LogP contribution in [0.4, 0.5) is 0 Å². The van der Waals surface area contributed by atoms with Crippen LogP contribution < -0.4 is 9.47 Å². The zero-order valence-corrected chi connectivity index (χ0v) is 17.2. The van der Waals surface area contributed by atoms with Crippen LogP contribution in [-0.4, -0.2) is 47.3 Å². The molecule has 1 aliphatic rings. The zero-order chi connectivity index (χ0) is 20.9. The first-order chi connectivity index (χ1) is 14.7. The molecule has 1 amide bonds. The van der Waals surface area contributed by atoms with Gasteiger partial charge in [-0.3, -0.25) is 4.79 Å². The van der Waals surface area contributed by atoms with Gasteiger partial charge in [-0.05, 0) is 37.6 Å². The number of benzene rings is 2. The molecule has 0 aliphatic carbocycles. The lowest BCUT2D eigenvalue weighted by Crippen LogP contribution is -2.48. The molecular formula is C23H25N3O4. The normalized spacial score (nSPS) is 13.7. The van der Waals surface area contributed by atoms with Crippen molar-refractivity contribution < 1.29 is 18.8 Å². The highest BCUT2D eigenvalue weighted by Gasteiger charge is 2.36. The van der Waals surface area contributed by atoms with Crippen molar-refractivity contribution in [2.75, 3.05) is 26.3 Å². The van der Waals surface area contributed by atoms with Crippen molar-refractivity contribution in [3.63, 3.8) is 0 Å². The van der Waals surface area contributed by atoms with Gasteiger partial charge in [0.15, 0.2) is 17.3 Å². The number of likely N-dealkylation sites (tertiary alicyclic amines) is 1.